The predicted molar refractivity (Wildman–Crippen MR) is 70.6 cm³/mol. The fourth-order valence-electron chi connectivity index (χ4n) is 5.02. The van der Waals surface area contributed by atoms with Crippen LogP contribution in [0.15, 0.2) is 24.3 Å². The fourth-order valence-corrected chi connectivity index (χ4v) is 5.02. The molecular weight excluding hydrogens is 208 g/mol. The van der Waals surface area contributed by atoms with Gasteiger partial charge in [0.05, 0.1) is 5.60 Å². The largest absolute Gasteiger partial charge is 0.384 e. The van der Waals surface area contributed by atoms with Crippen molar-refractivity contribution in [3.8, 4) is 0 Å². The first kappa shape index (κ1) is 11.5. The Kier molecular flexibility index (Phi) is 2.21. The fraction of sp³-hybridized carbons (Fsp3) is 0.750. The Labute approximate surface area is 105 Å². The Balaban J connectivity index is 2.14. The van der Waals surface area contributed by atoms with E-state index in [-0.39, 0.29) is 10.8 Å². The van der Waals surface area contributed by atoms with Crippen LogP contribution in [0.1, 0.15) is 52.4 Å². The quantitative estimate of drug-likeness (QED) is 0.717. The Morgan fingerprint density at radius 2 is 2.24 bits per heavy atom. The van der Waals surface area contributed by atoms with Crippen molar-refractivity contribution in [1.29, 1.82) is 0 Å². The summed E-state index contributed by atoms with van der Waals surface area (Å²) in [5.74, 6) is 0.659. The Morgan fingerprint density at radius 3 is 2.82 bits per heavy atom. The lowest BCUT2D eigenvalue weighted by molar-refractivity contribution is -0.103. The lowest BCUT2D eigenvalue weighted by atomic mass is 9.56. The molecule has 0 aromatic rings. The molecule has 0 aromatic carbocycles. The summed E-state index contributed by atoms with van der Waals surface area (Å²) in [5, 5.41) is 11.5. The van der Waals surface area contributed by atoms with Crippen LogP contribution in [-0.4, -0.2) is 10.7 Å². The second-order valence-electron chi connectivity index (χ2n) is 6.85. The minimum absolute atomic E-state index is 0.00954. The zero-order valence-electron chi connectivity index (χ0n) is 11.1. The number of hydrogen-bond donors (Lipinski definition) is 1. The second kappa shape index (κ2) is 3.26. The van der Waals surface area contributed by atoms with E-state index in [9.17, 15) is 5.11 Å². The highest BCUT2D eigenvalue weighted by Gasteiger charge is 2.70. The number of allylic oxidation sites excluding steroid dienone is 1. The van der Waals surface area contributed by atoms with E-state index < -0.39 is 5.60 Å². The summed E-state index contributed by atoms with van der Waals surface area (Å²) in [4.78, 5) is 0. The molecule has 0 aromatic heterocycles. The summed E-state index contributed by atoms with van der Waals surface area (Å²) in [6, 6.07) is 0. The van der Waals surface area contributed by atoms with Crippen LogP contribution in [0.3, 0.4) is 0 Å². The normalized spacial score (nSPS) is 47.2. The van der Waals surface area contributed by atoms with Crippen molar-refractivity contribution >= 4 is 0 Å². The lowest BCUT2D eigenvalue weighted by Gasteiger charge is -2.52. The van der Waals surface area contributed by atoms with Gasteiger partial charge in [-0.3, -0.25) is 0 Å². The number of rotatable bonds is 2. The third-order valence-electron chi connectivity index (χ3n) is 6.12. The molecule has 0 amide bonds. The van der Waals surface area contributed by atoms with Crippen LogP contribution in [0.2, 0.25) is 0 Å². The third kappa shape index (κ3) is 1.10. The van der Waals surface area contributed by atoms with Crippen molar-refractivity contribution in [3.63, 3.8) is 0 Å². The molecule has 94 valence electrons. The minimum atomic E-state index is -0.624. The van der Waals surface area contributed by atoms with Crippen LogP contribution >= 0.6 is 0 Å². The van der Waals surface area contributed by atoms with Crippen molar-refractivity contribution in [3.05, 3.63) is 24.3 Å². The molecular formula is C16H24O. The highest BCUT2D eigenvalue weighted by molar-refractivity contribution is 5.38. The molecule has 2 fully saturated rings. The van der Waals surface area contributed by atoms with E-state index >= 15 is 0 Å². The molecule has 3 aliphatic carbocycles. The summed E-state index contributed by atoms with van der Waals surface area (Å²) >= 11 is 0. The van der Waals surface area contributed by atoms with Crippen molar-refractivity contribution in [2.75, 3.05) is 0 Å². The van der Waals surface area contributed by atoms with Gasteiger partial charge >= 0.3 is 0 Å². The molecule has 0 spiro atoms. The van der Waals surface area contributed by atoms with Gasteiger partial charge in [-0.2, -0.15) is 0 Å². The van der Waals surface area contributed by atoms with Crippen molar-refractivity contribution < 1.29 is 5.11 Å². The van der Waals surface area contributed by atoms with E-state index in [1.165, 1.54) is 18.4 Å². The van der Waals surface area contributed by atoms with Crippen LogP contribution < -0.4 is 0 Å². The van der Waals surface area contributed by atoms with Gasteiger partial charge in [0.15, 0.2) is 0 Å². The van der Waals surface area contributed by atoms with E-state index in [2.05, 4.69) is 32.6 Å². The maximum absolute atomic E-state index is 11.5. The van der Waals surface area contributed by atoms with Crippen LogP contribution in [-0.2, 0) is 0 Å². The van der Waals surface area contributed by atoms with Gasteiger partial charge < -0.3 is 5.11 Å². The maximum Gasteiger partial charge on any atom is 0.1000 e. The standard InChI is InChI=1S/C16H24O/c1-4-15-10-9-13(11-15)14(2,3)16(15,17)12-7-5-6-8-12/h4,7,13,17H,1,5-6,8-11H2,2-3H3/t13-,15+,16+/m0/s1. The summed E-state index contributed by atoms with van der Waals surface area (Å²) in [6.45, 7) is 8.59. The number of hydrogen-bond acceptors (Lipinski definition) is 1. The van der Waals surface area contributed by atoms with E-state index in [1.807, 2.05) is 0 Å². The first-order chi connectivity index (χ1) is 7.98. The van der Waals surface area contributed by atoms with Gasteiger partial charge in [0.1, 0.15) is 0 Å². The lowest BCUT2D eigenvalue weighted by Crippen LogP contribution is -2.55. The zero-order valence-corrected chi connectivity index (χ0v) is 11.1. The summed E-state index contributed by atoms with van der Waals surface area (Å²) in [7, 11) is 0. The molecule has 0 unspecified atom stereocenters. The molecule has 1 N–H and O–H groups in total. The number of aliphatic hydroxyl groups is 1. The van der Waals surface area contributed by atoms with Crippen molar-refractivity contribution in [1.82, 2.24) is 0 Å². The van der Waals surface area contributed by atoms with Gasteiger partial charge in [0.2, 0.25) is 0 Å². The van der Waals surface area contributed by atoms with Crippen molar-refractivity contribution in [2.45, 2.75) is 58.0 Å². The third-order valence-corrected chi connectivity index (χ3v) is 6.12. The van der Waals surface area contributed by atoms with Crippen LogP contribution in [0.25, 0.3) is 0 Å². The number of fused-ring (bicyclic) bond motifs is 2. The Morgan fingerprint density at radius 1 is 1.47 bits per heavy atom. The van der Waals surface area contributed by atoms with Crippen LogP contribution in [0, 0.1) is 16.7 Å². The molecule has 0 aliphatic heterocycles. The van der Waals surface area contributed by atoms with Crippen LogP contribution in [0.5, 0.6) is 0 Å². The predicted octanol–water partition coefficient (Wildman–Crippen LogP) is 3.84. The van der Waals surface area contributed by atoms with Gasteiger partial charge in [-0.15, -0.1) is 6.58 Å². The summed E-state index contributed by atoms with van der Waals surface area (Å²) in [5.41, 5.74) is 0.651. The smallest absolute Gasteiger partial charge is 0.1000 e. The molecule has 2 bridgehead atoms. The van der Waals surface area contributed by atoms with E-state index in [1.54, 1.807) is 0 Å². The van der Waals surface area contributed by atoms with E-state index in [0.29, 0.717) is 5.92 Å². The first-order valence-electron chi connectivity index (χ1n) is 7.03. The Hall–Kier alpha value is -0.560. The topological polar surface area (TPSA) is 20.2 Å². The minimum Gasteiger partial charge on any atom is -0.384 e. The van der Waals surface area contributed by atoms with Gasteiger partial charge in [-0.1, -0.05) is 26.0 Å². The second-order valence-corrected chi connectivity index (χ2v) is 6.85. The van der Waals surface area contributed by atoms with E-state index in [0.717, 1.165) is 25.7 Å². The SMILES string of the molecule is C=C[C@@]12CC[C@@H](C1)C(C)(C)[C@]2(O)C1=CCCC1. The highest BCUT2D eigenvalue weighted by Crippen LogP contribution is 2.71. The first-order valence-corrected chi connectivity index (χ1v) is 7.03. The molecule has 0 saturated heterocycles. The van der Waals surface area contributed by atoms with Crippen molar-refractivity contribution in [2.24, 2.45) is 16.7 Å². The zero-order chi connectivity index (χ0) is 12.3. The van der Waals surface area contributed by atoms with Crippen LogP contribution in [0.4, 0.5) is 0 Å². The monoisotopic (exact) mass is 232 g/mol. The molecule has 1 heteroatoms. The molecule has 3 aliphatic rings. The molecule has 0 heterocycles. The van der Waals surface area contributed by atoms with Gasteiger partial charge in [-0.25, -0.2) is 0 Å². The molecule has 2 saturated carbocycles. The average Bonchev–Trinajstić information content (AvgIpc) is 2.99. The van der Waals surface area contributed by atoms with Gasteiger partial charge in [-0.05, 0) is 50.0 Å². The molecule has 1 nitrogen and oxygen atoms in total. The summed E-state index contributed by atoms with van der Waals surface area (Å²) < 4.78 is 0. The van der Waals surface area contributed by atoms with Gasteiger partial charge in [0, 0.05) is 10.8 Å². The Bertz CT molecular complexity index is 392. The van der Waals surface area contributed by atoms with E-state index in [4.69, 9.17) is 0 Å². The maximum atomic E-state index is 11.5. The molecule has 0 radical (unpaired) electrons. The summed E-state index contributed by atoms with van der Waals surface area (Å²) in [6.07, 6.45) is 11.3. The molecule has 3 rings (SSSR count). The van der Waals surface area contributed by atoms with Gasteiger partial charge in [0.25, 0.3) is 0 Å². The highest BCUT2D eigenvalue weighted by atomic mass is 16.3. The average molecular weight is 232 g/mol. The molecule has 3 atom stereocenters. The molecule has 17 heavy (non-hydrogen) atoms.